The monoisotopic (exact) mass is 213 g/mol. The minimum Gasteiger partial charge on any atom is -0.748 e. The van der Waals surface area contributed by atoms with E-state index in [0.717, 1.165) is 6.54 Å². The van der Waals surface area contributed by atoms with Crippen molar-refractivity contribution in [3.8, 4) is 0 Å². The Morgan fingerprint density at radius 3 is 2.36 bits per heavy atom. The van der Waals surface area contributed by atoms with Crippen LogP contribution in [0.25, 0.3) is 0 Å². The van der Waals surface area contributed by atoms with E-state index >= 15 is 0 Å². The largest absolute Gasteiger partial charge is 1.00 e. The summed E-state index contributed by atoms with van der Waals surface area (Å²) in [6.07, 6.45) is 5.03. The van der Waals surface area contributed by atoms with Crippen LogP contribution < -0.4 is 24.2 Å². The van der Waals surface area contributed by atoms with Crippen LogP contribution >= 0.6 is 0 Å². The van der Waals surface area contributed by atoms with E-state index in [9.17, 15) is 13.0 Å². The maximum atomic E-state index is 10.2. The first-order chi connectivity index (χ1) is 6.08. The molecule has 0 saturated heterocycles. The van der Waals surface area contributed by atoms with Gasteiger partial charge in [0.25, 0.3) is 0 Å². The van der Waals surface area contributed by atoms with E-state index in [-0.39, 0.29) is 24.6 Å². The Morgan fingerprint density at radius 1 is 1.29 bits per heavy atom. The van der Waals surface area contributed by atoms with Gasteiger partial charge in [0.2, 0.25) is 0 Å². The standard InChI is InChI=1S/C8H17NO3S.Li/c10-13(11,12)6-5-9-7-8-3-1-2-4-8;/h8-9H,1-7H2,(H,10,11,12);/q;+1/p-1. The van der Waals surface area contributed by atoms with E-state index in [0.29, 0.717) is 12.5 Å². The zero-order chi connectivity index (χ0) is 9.73. The second-order valence-corrected chi connectivity index (χ2v) is 5.14. The van der Waals surface area contributed by atoms with Crippen molar-refractivity contribution in [1.29, 1.82) is 0 Å². The van der Waals surface area contributed by atoms with Crippen molar-refractivity contribution in [2.24, 2.45) is 5.92 Å². The number of nitrogens with one attached hydrogen (secondary N) is 1. The molecule has 1 rings (SSSR count). The molecule has 0 radical (unpaired) electrons. The molecule has 1 aliphatic carbocycles. The summed E-state index contributed by atoms with van der Waals surface area (Å²) in [6, 6.07) is 0. The number of hydrogen-bond acceptors (Lipinski definition) is 4. The van der Waals surface area contributed by atoms with Crippen LogP contribution in [0.4, 0.5) is 0 Å². The molecule has 78 valence electrons. The summed E-state index contributed by atoms with van der Waals surface area (Å²) in [5.41, 5.74) is 0. The van der Waals surface area contributed by atoms with Crippen molar-refractivity contribution < 1.29 is 31.8 Å². The molecule has 6 heteroatoms. The Morgan fingerprint density at radius 2 is 1.86 bits per heavy atom. The van der Waals surface area contributed by atoms with E-state index in [2.05, 4.69) is 5.32 Å². The molecule has 0 aliphatic heterocycles. The smallest absolute Gasteiger partial charge is 0.748 e. The molecule has 1 aliphatic rings. The van der Waals surface area contributed by atoms with Gasteiger partial charge in [0.1, 0.15) is 0 Å². The minimum absolute atomic E-state index is 0. The van der Waals surface area contributed by atoms with Crippen molar-refractivity contribution in [2.45, 2.75) is 25.7 Å². The van der Waals surface area contributed by atoms with Gasteiger partial charge in [-0.2, -0.15) is 0 Å². The third kappa shape index (κ3) is 6.85. The van der Waals surface area contributed by atoms with Crippen LogP contribution in [0.3, 0.4) is 0 Å². The summed E-state index contributed by atoms with van der Waals surface area (Å²) in [4.78, 5) is 0. The first kappa shape index (κ1) is 14.5. The first-order valence-electron chi connectivity index (χ1n) is 4.72. The molecule has 0 unspecified atom stereocenters. The molecule has 4 nitrogen and oxygen atoms in total. The maximum Gasteiger partial charge on any atom is 1.00 e. The van der Waals surface area contributed by atoms with Gasteiger partial charge in [-0.1, -0.05) is 12.8 Å². The fraction of sp³-hybridized carbons (Fsp3) is 1.00. The first-order valence-corrected chi connectivity index (χ1v) is 6.30. The predicted octanol–water partition coefficient (Wildman–Crippen LogP) is -2.68. The molecular weight excluding hydrogens is 197 g/mol. The second-order valence-electron chi connectivity index (χ2n) is 3.62. The van der Waals surface area contributed by atoms with Crippen LogP contribution in [-0.4, -0.2) is 31.8 Å². The molecule has 0 bridgehead atoms. The molecule has 14 heavy (non-hydrogen) atoms. The fourth-order valence-corrected chi connectivity index (χ4v) is 2.11. The zero-order valence-corrected chi connectivity index (χ0v) is 9.48. The maximum absolute atomic E-state index is 10.2. The molecule has 1 N–H and O–H groups in total. The van der Waals surface area contributed by atoms with Crippen molar-refractivity contribution in [2.75, 3.05) is 18.8 Å². The van der Waals surface area contributed by atoms with Gasteiger partial charge in [0, 0.05) is 6.54 Å². The summed E-state index contributed by atoms with van der Waals surface area (Å²) in [6.45, 7) is 1.15. The summed E-state index contributed by atoms with van der Waals surface area (Å²) < 4.78 is 30.7. The van der Waals surface area contributed by atoms with Gasteiger partial charge in [-0.05, 0) is 25.3 Å². The summed E-state index contributed by atoms with van der Waals surface area (Å²) in [7, 11) is -4.03. The Hall–Kier alpha value is 0.467. The van der Waals surface area contributed by atoms with Crippen LogP contribution in [-0.2, 0) is 10.1 Å². The number of hydrogen-bond donors (Lipinski definition) is 1. The zero-order valence-electron chi connectivity index (χ0n) is 8.66. The van der Waals surface area contributed by atoms with Gasteiger partial charge in [-0.3, -0.25) is 0 Å². The molecule has 1 saturated carbocycles. The van der Waals surface area contributed by atoms with Gasteiger partial charge in [-0.25, -0.2) is 8.42 Å². The minimum atomic E-state index is -4.03. The molecule has 0 amide bonds. The van der Waals surface area contributed by atoms with Crippen molar-refractivity contribution in [1.82, 2.24) is 5.32 Å². The Kier molecular flexibility index (Phi) is 7.09. The van der Waals surface area contributed by atoms with E-state index in [1.807, 2.05) is 0 Å². The van der Waals surface area contributed by atoms with Crippen LogP contribution in [0, 0.1) is 5.92 Å². The van der Waals surface area contributed by atoms with Crippen molar-refractivity contribution in [3.05, 3.63) is 0 Å². The van der Waals surface area contributed by atoms with Gasteiger partial charge >= 0.3 is 18.9 Å². The summed E-state index contributed by atoms with van der Waals surface area (Å²) in [5, 5.41) is 3.00. The molecule has 0 aromatic carbocycles. The van der Waals surface area contributed by atoms with Gasteiger partial charge in [-0.15, -0.1) is 0 Å². The van der Waals surface area contributed by atoms with E-state index in [1.54, 1.807) is 0 Å². The van der Waals surface area contributed by atoms with Gasteiger partial charge < -0.3 is 9.87 Å². The van der Waals surface area contributed by atoms with Crippen LogP contribution in [0.15, 0.2) is 0 Å². The average Bonchev–Trinajstić information content (AvgIpc) is 2.48. The van der Waals surface area contributed by atoms with Gasteiger partial charge in [0.05, 0.1) is 15.9 Å². The summed E-state index contributed by atoms with van der Waals surface area (Å²) in [5.74, 6) is 0.397. The molecule has 0 aromatic rings. The van der Waals surface area contributed by atoms with E-state index in [4.69, 9.17) is 0 Å². The SMILES string of the molecule is O=S(=O)([O-])CCNCC1CCCC1.[Li+]. The van der Waals surface area contributed by atoms with Crippen LogP contribution in [0.1, 0.15) is 25.7 Å². The Balaban J connectivity index is 0.00000169. The molecule has 1 fully saturated rings. The molecule has 0 spiro atoms. The third-order valence-electron chi connectivity index (χ3n) is 2.44. The summed E-state index contributed by atoms with van der Waals surface area (Å²) >= 11 is 0. The third-order valence-corrected chi connectivity index (χ3v) is 3.14. The van der Waals surface area contributed by atoms with Crippen LogP contribution in [0.2, 0.25) is 0 Å². The van der Waals surface area contributed by atoms with Crippen LogP contribution in [0.5, 0.6) is 0 Å². The Labute approximate surface area is 97.8 Å². The predicted molar refractivity (Wildman–Crippen MR) is 49.4 cm³/mol. The average molecular weight is 213 g/mol. The fourth-order valence-electron chi connectivity index (χ4n) is 1.72. The van der Waals surface area contributed by atoms with Crippen molar-refractivity contribution in [3.63, 3.8) is 0 Å². The molecule has 0 heterocycles. The van der Waals surface area contributed by atoms with E-state index < -0.39 is 10.1 Å². The normalized spacial score (nSPS) is 18.1. The second kappa shape index (κ2) is 6.86. The van der Waals surface area contributed by atoms with Crippen molar-refractivity contribution >= 4 is 10.1 Å². The Bertz CT molecular complexity index is 237. The molecule has 0 atom stereocenters. The number of rotatable bonds is 5. The van der Waals surface area contributed by atoms with E-state index in [1.165, 1.54) is 25.7 Å². The van der Waals surface area contributed by atoms with Gasteiger partial charge in [0.15, 0.2) is 0 Å². The molecule has 0 aromatic heterocycles. The topological polar surface area (TPSA) is 69.2 Å². The molecular formula is C8H16LiNO3S. The quantitative estimate of drug-likeness (QED) is 0.307.